The predicted octanol–water partition coefficient (Wildman–Crippen LogP) is 0.901. The standard InChI is InChI=1S/C17H20N6O2/c18-21-17(22-19)14-7-5-12(6-8-14)11-20-15-4-2-1-3-13(15)9-10-16(24)23-25/h1-10,20,25H,11,18-19H2,(H,21,22)(H,23,24)/b10-9+. The molecule has 8 heteroatoms. The van der Waals surface area contributed by atoms with Gasteiger partial charge in [0.25, 0.3) is 5.91 Å². The normalized spacial score (nSPS) is 11.4. The topological polar surface area (TPSA) is 138 Å². The Labute approximate surface area is 145 Å². The molecule has 0 bridgehead atoms. The molecule has 0 saturated heterocycles. The van der Waals surface area contributed by atoms with E-state index < -0.39 is 5.91 Å². The van der Waals surface area contributed by atoms with Crippen LogP contribution in [0, 0.1) is 0 Å². The summed E-state index contributed by atoms with van der Waals surface area (Å²) in [5, 5.41) is 15.4. The number of para-hydroxylation sites is 1. The second-order valence-corrected chi connectivity index (χ2v) is 5.07. The molecular weight excluding hydrogens is 320 g/mol. The van der Waals surface area contributed by atoms with Crippen molar-refractivity contribution in [2.75, 3.05) is 5.32 Å². The van der Waals surface area contributed by atoms with E-state index in [1.54, 1.807) is 11.6 Å². The highest BCUT2D eigenvalue weighted by molar-refractivity contribution is 5.98. The largest absolute Gasteiger partial charge is 0.380 e. The maximum atomic E-state index is 11.1. The first-order chi connectivity index (χ1) is 12.2. The Morgan fingerprint density at radius 1 is 1.16 bits per heavy atom. The van der Waals surface area contributed by atoms with Gasteiger partial charge >= 0.3 is 0 Å². The van der Waals surface area contributed by atoms with Crippen molar-refractivity contribution in [1.82, 2.24) is 10.9 Å². The molecule has 2 aromatic carbocycles. The number of hydrogen-bond acceptors (Lipinski definition) is 6. The van der Waals surface area contributed by atoms with E-state index in [0.29, 0.717) is 12.4 Å². The van der Waals surface area contributed by atoms with Crippen LogP contribution in [0.15, 0.2) is 59.7 Å². The van der Waals surface area contributed by atoms with Crippen LogP contribution >= 0.6 is 0 Å². The first-order valence-electron chi connectivity index (χ1n) is 7.46. The van der Waals surface area contributed by atoms with Gasteiger partial charge in [-0.1, -0.05) is 42.5 Å². The molecule has 0 unspecified atom stereocenters. The number of hydrogen-bond donors (Lipinski definition) is 6. The molecule has 1 amide bonds. The fourth-order valence-electron chi connectivity index (χ4n) is 2.18. The Morgan fingerprint density at radius 2 is 1.88 bits per heavy atom. The molecule has 0 fully saturated rings. The third-order valence-electron chi connectivity index (χ3n) is 3.46. The quantitative estimate of drug-likeness (QED) is 0.115. The molecule has 0 spiro atoms. The number of carbonyl (C=O) groups is 1. The number of rotatable bonds is 6. The predicted molar refractivity (Wildman–Crippen MR) is 97.2 cm³/mol. The molecule has 2 aromatic rings. The van der Waals surface area contributed by atoms with Gasteiger partial charge in [-0.15, -0.1) is 0 Å². The van der Waals surface area contributed by atoms with E-state index in [4.69, 9.17) is 16.9 Å². The summed E-state index contributed by atoms with van der Waals surface area (Å²) in [5.41, 5.74) is 7.51. The molecule has 8 nitrogen and oxygen atoms in total. The molecule has 8 N–H and O–H groups in total. The summed E-state index contributed by atoms with van der Waals surface area (Å²) < 4.78 is 0. The zero-order valence-corrected chi connectivity index (χ0v) is 13.4. The molecule has 2 rings (SSSR count). The van der Waals surface area contributed by atoms with Gasteiger partial charge in [0, 0.05) is 23.9 Å². The maximum absolute atomic E-state index is 11.1. The van der Waals surface area contributed by atoms with Crippen LogP contribution < -0.4 is 27.9 Å². The third-order valence-corrected chi connectivity index (χ3v) is 3.46. The van der Waals surface area contributed by atoms with Gasteiger partial charge in [0.15, 0.2) is 5.84 Å². The molecule has 0 heterocycles. The van der Waals surface area contributed by atoms with Crippen LogP contribution in [0.3, 0.4) is 0 Å². The van der Waals surface area contributed by atoms with E-state index in [1.165, 1.54) is 6.08 Å². The number of nitrogens with one attached hydrogen (secondary N) is 3. The second kappa shape index (κ2) is 9.06. The van der Waals surface area contributed by atoms with Gasteiger partial charge in [-0.05, 0) is 23.3 Å². The number of amidine groups is 1. The van der Waals surface area contributed by atoms with E-state index in [1.807, 2.05) is 48.5 Å². The number of benzene rings is 2. The molecular formula is C17H20N6O2. The molecule has 0 atom stereocenters. The monoisotopic (exact) mass is 340 g/mol. The van der Waals surface area contributed by atoms with Gasteiger partial charge in [0.05, 0.1) is 0 Å². The molecule has 130 valence electrons. The number of hydrazine groups is 1. The number of hydroxylamine groups is 1. The smallest absolute Gasteiger partial charge is 0.267 e. The number of carbonyl (C=O) groups excluding carboxylic acids is 1. The minimum Gasteiger partial charge on any atom is -0.380 e. The van der Waals surface area contributed by atoms with E-state index in [0.717, 1.165) is 22.4 Å². The van der Waals surface area contributed by atoms with Crippen LogP contribution in [0.2, 0.25) is 0 Å². The molecule has 0 aliphatic carbocycles. The van der Waals surface area contributed by atoms with Crippen molar-refractivity contribution in [3.8, 4) is 0 Å². The fourth-order valence-corrected chi connectivity index (χ4v) is 2.18. The Kier molecular flexibility index (Phi) is 6.52. The lowest BCUT2D eigenvalue weighted by Crippen LogP contribution is -2.32. The van der Waals surface area contributed by atoms with Gasteiger partial charge in [0.1, 0.15) is 0 Å². The van der Waals surface area contributed by atoms with Crippen LogP contribution in [-0.4, -0.2) is 17.0 Å². The number of anilines is 1. The number of nitrogens with two attached hydrogens (primary N) is 2. The van der Waals surface area contributed by atoms with Gasteiger partial charge < -0.3 is 16.6 Å². The third kappa shape index (κ3) is 5.06. The van der Waals surface area contributed by atoms with Gasteiger partial charge in [0.2, 0.25) is 0 Å². The minimum absolute atomic E-state index is 0.400. The van der Waals surface area contributed by atoms with E-state index >= 15 is 0 Å². The second-order valence-electron chi connectivity index (χ2n) is 5.07. The van der Waals surface area contributed by atoms with E-state index in [-0.39, 0.29) is 0 Å². The lowest BCUT2D eigenvalue weighted by Gasteiger charge is -2.10. The summed E-state index contributed by atoms with van der Waals surface area (Å²) in [4.78, 5) is 11.1. The summed E-state index contributed by atoms with van der Waals surface area (Å²) in [6, 6.07) is 15.1. The number of amides is 1. The summed E-state index contributed by atoms with van der Waals surface area (Å²) in [5.74, 6) is 10.4. The Bertz CT molecular complexity index is 771. The van der Waals surface area contributed by atoms with Gasteiger partial charge in [-0.3, -0.25) is 10.0 Å². The molecule has 0 aliphatic rings. The highest BCUT2D eigenvalue weighted by Gasteiger charge is 2.03. The molecule has 0 aromatic heterocycles. The maximum Gasteiger partial charge on any atom is 0.267 e. The lowest BCUT2D eigenvalue weighted by atomic mass is 10.1. The average molecular weight is 340 g/mol. The van der Waals surface area contributed by atoms with Crippen LogP contribution in [0.1, 0.15) is 16.7 Å². The summed E-state index contributed by atoms with van der Waals surface area (Å²) in [6.45, 7) is 0.586. The van der Waals surface area contributed by atoms with Gasteiger partial charge in [-0.25, -0.2) is 11.3 Å². The van der Waals surface area contributed by atoms with Crippen molar-refractivity contribution in [2.45, 2.75) is 6.54 Å². The highest BCUT2D eigenvalue weighted by atomic mass is 16.5. The molecule has 25 heavy (non-hydrogen) atoms. The van der Waals surface area contributed by atoms with Crippen LogP contribution in [0.5, 0.6) is 0 Å². The zero-order valence-electron chi connectivity index (χ0n) is 13.4. The number of nitrogens with zero attached hydrogens (tertiary/aromatic N) is 1. The lowest BCUT2D eigenvalue weighted by molar-refractivity contribution is -0.124. The van der Waals surface area contributed by atoms with Crippen molar-refractivity contribution in [2.24, 2.45) is 16.8 Å². The van der Waals surface area contributed by atoms with Crippen molar-refractivity contribution in [1.29, 1.82) is 0 Å². The summed E-state index contributed by atoms with van der Waals surface area (Å²) in [6.07, 6.45) is 2.87. The fraction of sp³-hybridized carbons (Fsp3) is 0.0588. The van der Waals surface area contributed by atoms with Crippen LogP contribution in [0.4, 0.5) is 5.69 Å². The van der Waals surface area contributed by atoms with Crippen molar-refractivity contribution < 1.29 is 10.0 Å². The zero-order chi connectivity index (χ0) is 18.1. The highest BCUT2D eigenvalue weighted by Crippen LogP contribution is 2.18. The minimum atomic E-state index is -0.587. The molecule has 0 aliphatic heterocycles. The van der Waals surface area contributed by atoms with E-state index in [9.17, 15) is 4.79 Å². The molecule has 0 radical (unpaired) electrons. The van der Waals surface area contributed by atoms with E-state index in [2.05, 4.69) is 15.8 Å². The first kappa shape index (κ1) is 18.0. The SMILES string of the molecule is N/N=C(\NN)c1ccc(CNc2ccccc2/C=C/C(=O)NO)cc1. The average Bonchev–Trinajstić information content (AvgIpc) is 2.67. The summed E-state index contributed by atoms with van der Waals surface area (Å²) in [7, 11) is 0. The van der Waals surface area contributed by atoms with Crippen LogP contribution in [0.25, 0.3) is 6.08 Å². The Morgan fingerprint density at radius 3 is 2.52 bits per heavy atom. The first-order valence-corrected chi connectivity index (χ1v) is 7.46. The summed E-state index contributed by atoms with van der Waals surface area (Å²) >= 11 is 0. The van der Waals surface area contributed by atoms with Crippen molar-refractivity contribution in [3.63, 3.8) is 0 Å². The molecule has 0 saturated carbocycles. The Hall–Kier alpha value is -3.36. The Balaban J connectivity index is 2.06. The van der Waals surface area contributed by atoms with Crippen molar-refractivity contribution >= 4 is 23.5 Å². The van der Waals surface area contributed by atoms with Gasteiger partial charge in [-0.2, -0.15) is 5.10 Å². The number of hydrazone groups is 1. The van der Waals surface area contributed by atoms with Crippen LogP contribution in [-0.2, 0) is 11.3 Å². The van der Waals surface area contributed by atoms with Crippen molar-refractivity contribution in [3.05, 3.63) is 71.3 Å².